The fourth-order valence-corrected chi connectivity index (χ4v) is 0.670. The highest BCUT2D eigenvalue weighted by atomic mass is 19.0. The predicted octanol–water partition coefficient (Wildman–Crippen LogP) is 1.73. The summed E-state index contributed by atoms with van der Waals surface area (Å²) in [4.78, 5) is 0. The topological polar surface area (TPSA) is 26.0 Å². The second kappa shape index (κ2) is 3.07. The van der Waals surface area contributed by atoms with Crippen molar-refractivity contribution in [2.45, 2.75) is 6.92 Å². The fraction of sp³-hybridized carbons (Fsp3) is 0.143. The van der Waals surface area contributed by atoms with Crippen LogP contribution in [0.25, 0.3) is 0 Å². The highest BCUT2D eigenvalue weighted by Crippen LogP contribution is 2.03. The van der Waals surface area contributed by atoms with Crippen LogP contribution in [0, 0.1) is 6.92 Å². The maximum atomic E-state index is 5.46. The van der Waals surface area contributed by atoms with E-state index in [1.165, 1.54) is 5.56 Å². The Bertz CT molecular complexity index is 169. The smallest absolute Gasteiger partial charge is 0.0316 e. The minimum Gasteiger partial charge on any atom is -0.399 e. The first-order chi connectivity index (χ1) is 3.79. The molecule has 9 heavy (non-hydrogen) atoms. The van der Waals surface area contributed by atoms with Gasteiger partial charge in [0.2, 0.25) is 0 Å². The summed E-state index contributed by atoms with van der Waals surface area (Å²) in [5.41, 5.74) is 7.51. The molecule has 0 bridgehead atoms. The molecule has 0 unspecified atom stereocenters. The van der Waals surface area contributed by atoms with Crippen LogP contribution in [-0.2, 0) is 0 Å². The molecule has 0 fully saturated rings. The quantitative estimate of drug-likeness (QED) is 0.528. The molecular formula is C7H10FN. The molecule has 0 heterocycles. The lowest BCUT2D eigenvalue weighted by molar-refractivity contribution is 1.11. The average Bonchev–Trinajstić information content (AvgIpc) is 1.64. The summed E-state index contributed by atoms with van der Waals surface area (Å²) in [5, 5.41) is 0. The number of benzene rings is 1. The van der Waals surface area contributed by atoms with Crippen LogP contribution >= 0.6 is 0 Å². The standard InChI is InChI=1S/C7H9N.FH/c1-6-3-2-4-7(8)5-6;/h2-5H,8H2,1H3;1H. The molecular weight excluding hydrogens is 117 g/mol. The zero-order chi connectivity index (χ0) is 5.98. The highest BCUT2D eigenvalue weighted by Gasteiger charge is 1.81. The SMILES string of the molecule is Cc1cccc(N)c1.F. The molecule has 0 radical (unpaired) electrons. The van der Waals surface area contributed by atoms with Gasteiger partial charge in [-0.1, -0.05) is 12.1 Å². The van der Waals surface area contributed by atoms with Gasteiger partial charge in [0.15, 0.2) is 0 Å². The Morgan fingerprint density at radius 1 is 1.33 bits per heavy atom. The molecule has 1 nitrogen and oxygen atoms in total. The minimum atomic E-state index is 0. The van der Waals surface area contributed by atoms with Crippen LogP contribution in [0.1, 0.15) is 5.56 Å². The molecule has 50 valence electrons. The van der Waals surface area contributed by atoms with Crippen molar-refractivity contribution < 1.29 is 4.70 Å². The van der Waals surface area contributed by atoms with E-state index in [0.717, 1.165) is 5.69 Å². The van der Waals surface area contributed by atoms with Gasteiger partial charge < -0.3 is 5.73 Å². The van der Waals surface area contributed by atoms with Gasteiger partial charge in [0.1, 0.15) is 0 Å². The number of nitrogens with two attached hydrogens (primary N) is 1. The van der Waals surface area contributed by atoms with Crippen molar-refractivity contribution in [3.05, 3.63) is 29.8 Å². The Morgan fingerprint density at radius 2 is 2.00 bits per heavy atom. The van der Waals surface area contributed by atoms with Gasteiger partial charge in [0, 0.05) is 5.69 Å². The molecule has 0 atom stereocenters. The monoisotopic (exact) mass is 127 g/mol. The molecule has 2 heteroatoms. The van der Waals surface area contributed by atoms with Gasteiger partial charge in [-0.05, 0) is 24.6 Å². The zero-order valence-electron chi connectivity index (χ0n) is 5.29. The largest absolute Gasteiger partial charge is 0.399 e. The third kappa shape index (κ3) is 2.13. The molecule has 0 saturated carbocycles. The van der Waals surface area contributed by atoms with Crippen LogP contribution in [0.4, 0.5) is 10.4 Å². The van der Waals surface area contributed by atoms with Crippen molar-refractivity contribution in [2.24, 2.45) is 0 Å². The lowest BCUT2D eigenvalue weighted by Gasteiger charge is -1.91. The maximum absolute atomic E-state index is 5.46. The van der Waals surface area contributed by atoms with Crippen molar-refractivity contribution in [2.75, 3.05) is 5.73 Å². The zero-order valence-corrected chi connectivity index (χ0v) is 5.29. The van der Waals surface area contributed by atoms with E-state index >= 15 is 0 Å². The first-order valence-electron chi connectivity index (χ1n) is 2.61. The third-order valence-corrected chi connectivity index (χ3v) is 1.04. The first kappa shape index (κ1) is 7.95. The van der Waals surface area contributed by atoms with Crippen molar-refractivity contribution in [3.63, 3.8) is 0 Å². The molecule has 0 amide bonds. The lowest BCUT2D eigenvalue weighted by Crippen LogP contribution is -1.82. The van der Waals surface area contributed by atoms with Crippen molar-refractivity contribution >= 4 is 5.69 Å². The number of anilines is 1. The highest BCUT2D eigenvalue weighted by molar-refractivity contribution is 5.39. The minimum absolute atomic E-state index is 0. The van der Waals surface area contributed by atoms with E-state index in [1.54, 1.807) is 0 Å². The second-order valence-electron chi connectivity index (χ2n) is 1.91. The van der Waals surface area contributed by atoms with Crippen LogP contribution < -0.4 is 5.73 Å². The van der Waals surface area contributed by atoms with Crippen LogP contribution in [0.2, 0.25) is 0 Å². The van der Waals surface area contributed by atoms with Gasteiger partial charge in [-0.15, -0.1) is 0 Å². The van der Waals surface area contributed by atoms with Gasteiger partial charge in [-0.3, -0.25) is 4.70 Å². The Hall–Kier alpha value is -1.05. The summed E-state index contributed by atoms with van der Waals surface area (Å²) >= 11 is 0. The number of nitrogen functional groups attached to an aromatic ring is 1. The molecule has 0 aliphatic carbocycles. The first-order valence-corrected chi connectivity index (χ1v) is 2.61. The molecule has 2 N–H and O–H groups in total. The van der Waals surface area contributed by atoms with E-state index in [2.05, 4.69) is 0 Å². The van der Waals surface area contributed by atoms with Gasteiger partial charge in [-0.25, -0.2) is 0 Å². The molecule has 0 aromatic heterocycles. The number of hydrogen-bond acceptors (Lipinski definition) is 1. The van der Waals surface area contributed by atoms with Crippen molar-refractivity contribution in [3.8, 4) is 0 Å². The third-order valence-electron chi connectivity index (χ3n) is 1.04. The summed E-state index contributed by atoms with van der Waals surface area (Å²) in [5.74, 6) is 0. The number of halogens is 1. The lowest BCUT2D eigenvalue weighted by atomic mass is 10.2. The summed E-state index contributed by atoms with van der Waals surface area (Å²) < 4.78 is 0. The molecule has 1 aromatic rings. The van der Waals surface area contributed by atoms with Crippen LogP contribution in [-0.4, -0.2) is 0 Å². The van der Waals surface area contributed by atoms with E-state index < -0.39 is 0 Å². The average molecular weight is 127 g/mol. The molecule has 0 aliphatic heterocycles. The molecule has 0 spiro atoms. The molecule has 0 saturated heterocycles. The van der Waals surface area contributed by atoms with Crippen LogP contribution in [0.3, 0.4) is 0 Å². The fourth-order valence-electron chi connectivity index (χ4n) is 0.670. The summed E-state index contributed by atoms with van der Waals surface area (Å²) in [6.45, 7) is 2.02. The second-order valence-corrected chi connectivity index (χ2v) is 1.91. The van der Waals surface area contributed by atoms with Gasteiger partial charge in [0.25, 0.3) is 0 Å². The maximum Gasteiger partial charge on any atom is 0.0316 e. The summed E-state index contributed by atoms with van der Waals surface area (Å²) in [7, 11) is 0. The summed E-state index contributed by atoms with van der Waals surface area (Å²) in [6.07, 6.45) is 0. The number of hydrogen-bond donors (Lipinski definition) is 1. The normalized spacial score (nSPS) is 8.11. The van der Waals surface area contributed by atoms with E-state index in [9.17, 15) is 0 Å². The Morgan fingerprint density at radius 3 is 2.33 bits per heavy atom. The van der Waals surface area contributed by atoms with Gasteiger partial charge >= 0.3 is 0 Å². The number of aryl methyl sites for hydroxylation is 1. The van der Waals surface area contributed by atoms with E-state index in [0.29, 0.717) is 0 Å². The van der Waals surface area contributed by atoms with Crippen LogP contribution in [0.5, 0.6) is 0 Å². The Labute approximate surface area is 53.9 Å². The van der Waals surface area contributed by atoms with Crippen molar-refractivity contribution in [1.82, 2.24) is 0 Å². The Balaban J connectivity index is 0.000000640. The van der Waals surface area contributed by atoms with E-state index in [4.69, 9.17) is 5.73 Å². The van der Waals surface area contributed by atoms with E-state index in [1.807, 2.05) is 31.2 Å². The predicted molar refractivity (Wildman–Crippen MR) is 38.1 cm³/mol. The Kier molecular flexibility index (Phi) is 2.71. The molecule has 0 aliphatic rings. The van der Waals surface area contributed by atoms with Crippen LogP contribution in [0.15, 0.2) is 24.3 Å². The molecule has 1 aromatic carbocycles. The van der Waals surface area contributed by atoms with Gasteiger partial charge in [0.05, 0.1) is 0 Å². The van der Waals surface area contributed by atoms with Crippen molar-refractivity contribution in [1.29, 1.82) is 0 Å². The molecule has 1 rings (SSSR count). The van der Waals surface area contributed by atoms with E-state index in [-0.39, 0.29) is 4.70 Å². The number of rotatable bonds is 0. The summed E-state index contributed by atoms with van der Waals surface area (Å²) in [6, 6.07) is 7.80. The van der Waals surface area contributed by atoms with Gasteiger partial charge in [-0.2, -0.15) is 0 Å².